The molecule has 0 bridgehead atoms. The van der Waals surface area contributed by atoms with E-state index in [1.165, 1.54) is 6.07 Å². The first kappa shape index (κ1) is 10.7. The van der Waals surface area contributed by atoms with E-state index in [1.807, 2.05) is 0 Å². The minimum Gasteiger partial charge on any atom is -0.420 e. The lowest BCUT2D eigenvalue weighted by Crippen LogP contribution is -2.12. The van der Waals surface area contributed by atoms with Gasteiger partial charge in [-0.1, -0.05) is 18.2 Å². The molecule has 0 saturated heterocycles. The van der Waals surface area contributed by atoms with Crippen LogP contribution in [0, 0.1) is 0 Å². The zero-order valence-electron chi connectivity index (χ0n) is 8.34. The largest absolute Gasteiger partial charge is 0.420 e. The van der Waals surface area contributed by atoms with Crippen molar-refractivity contribution in [2.24, 2.45) is 0 Å². The van der Waals surface area contributed by atoms with Gasteiger partial charge in [-0.25, -0.2) is 4.79 Å². The van der Waals surface area contributed by atoms with Gasteiger partial charge < -0.3 is 8.60 Å². The van der Waals surface area contributed by atoms with E-state index in [4.69, 9.17) is 4.42 Å². The Kier molecular flexibility index (Phi) is 2.43. The molecule has 2 rings (SSSR count). The number of hydrogen-bond acceptors (Lipinski definition) is 5. The highest BCUT2D eigenvalue weighted by Crippen LogP contribution is 2.17. The molecule has 0 saturated carbocycles. The first-order valence-electron chi connectivity index (χ1n) is 4.38. The summed E-state index contributed by atoms with van der Waals surface area (Å²) in [6.45, 7) is 0. The molecule has 1 heterocycles. The molecule has 0 fully saturated rings. The third-order valence-corrected chi connectivity index (χ3v) is 2.33. The molecule has 1 aromatic carbocycles. The second-order valence-electron chi connectivity index (χ2n) is 3.22. The van der Waals surface area contributed by atoms with Crippen molar-refractivity contribution in [3.05, 3.63) is 40.8 Å². The Bertz CT molecular complexity index is 684. The summed E-state index contributed by atoms with van der Waals surface area (Å²) in [6, 6.07) is 8.09. The minimum absolute atomic E-state index is 0.332. The van der Waals surface area contributed by atoms with Crippen LogP contribution in [0.5, 0.6) is 5.75 Å². The van der Waals surface area contributed by atoms with E-state index in [2.05, 4.69) is 4.18 Å². The molecule has 0 atom stereocenters. The maximum Gasteiger partial charge on any atom is 0.380 e. The predicted octanol–water partition coefficient (Wildman–Crippen LogP) is 1.13. The van der Waals surface area contributed by atoms with Gasteiger partial charge in [0.15, 0.2) is 0 Å². The lowest BCUT2D eigenvalue weighted by Gasteiger charge is -2.02. The average Bonchev–Trinajstić information content (AvgIpc) is 2.17. The maximum absolute atomic E-state index is 11.4. The summed E-state index contributed by atoms with van der Waals surface area (Å²) in [5.41, 5.74) is -0.433. The fourth-order valence-corrected chi connectivity index (χ4v) is 1.71. The molecule has 0 spiro atoms. The molecular formula is C10H8O5S. The highest BCUT2D eigenvalue weighted by molar-refractivity contribution is 7.86. The van der Waals surface area contributed by atoms with Crippen molar-refractivity contribution < 1.29 is 17.0 Å². The predicted molar refractivity (Wildman–Crippen MR) is 58.0 cm³/mol. The Hall–Kier alpha value is -1.82. The van der Waals surface area contributed by atoms with Gasteiger partial charge in [0, 0.05) is 11.5 Å². The maximum atomic E-state index is 11.4. The lowest BCUT2D eigenvalue weighted by atomic mass is 10.2. The minimum atomic E-state index is -3.73. The van der Waals surface area contributed by atoms with Crippen LogP contribution in [0.4, 0.5) is 0 Å². The fourth-order valence-electron chi connectivity index (χ4n) is 1.26. The van der Waals surface area contributed by atoms with E-state index in [9.17, 15) is 13.2 Å². The van der Waals surface area contributed by atoms with E-state index < -0.39 is 15.7 Å². The summed E-state index contributed by atoms with van der Waals surface area (Å²) in [5.74, 6) is -0.332. The van der Waals surface area contributed by atoms with Gasteiger partial charge in [-0.05, 0) is 6.07 Å². The van der Waals surface area contributed by atoms with Crippen molar-refractivity contribution in [3.8, 4) is 5.75 Å². The molecule has 0 amide bonds. The Labute approximate surface area is 91.4 Å². The van der Waals surface area contributed by atoms with Crippen molar-refractivity contribution in [2.75, 3.05) is 6.26 Å². The van der Waals surface area contributed by atoms with Crippen LogP contribution in [0.3, 0.4) is 0 Å². The van der Waals surface area contributed by atoms with Gasteiger partial charge >= 0.3 is 15.7 Å². The van der Waals surface area contributed by atoms with Gasteiger partial charge in [0.25, 0.3) is 0 Å². The zero-order valence-corrected chi connectivity index (χ0v) is 9.15. The topological polar surface area (TPSA) is 73.6 Å². The van der Waals surface area contributed by atoms with E-state index in [0.29, 0.717) is 11.0 Å². The van der Waals surface area contributed by atoms with Crippen LogP contribution in [-0.2, 0) is 10.1 Å². The van der Waals surface area contributed by atoms with Crippen molar-refractivity contribution >= 4 is 21.1 Å². The molecule has 0 radical (unpaired) electrons. The van der Waals surface area contributed by atoms with Crippen molar-refractivity contribution in [2.45, 2.75) is 0 Å². The van der Waals surface area contributed by atoms with Gasteiger partial charge in [-0.15, -0.1) is 0 Å². The van der Waals surface area contributed by atoms with Crippen LogP contribution in [0.15, 0.2) is 39.5 Å². The molecule has 0 aliphatic heterocycles. The number of hydrogen-bond donors (Lipinski definition) is 0. The average molecular weight is 240 g/mol. The Morgan fingerprint density at radius 2 is 1.94 bits per heavy atom. The van der Waals surface area contributed by atoms with Gasteiger partial charge in [0.2, 0.25) is 5.75 Å². The molecule has 2 aromatic rings. The molecule has 0 unspecified atom stereocenters. The lowest BCUT2D eigenvalue weighted by molar-refractivity contribution is 0.461. The first-order valence-corrected chi connectivity index (χ1v) is 6.20. The Morgan fingerprint density at radius 1 is 1.25 bits per heavy atom. The Balaban J connectivity index is 2.63. The van der Waals surface area contributed by atoms with Crippen LogP contribution in [-0.4, -0.2) is 14.7 Å². The molecule has 84 valence electrons. The van der Waals surface area contributed by atoms with Crippen LogP contribution >= 0.6 is 0 Å². The highest BCUT2D eigenvalue weighted by Gasteiger charge is 2.11. The fraction of sp³-hybridized carbons (Fsp3) is 0.100. The van der Waals surface area contributed by atoms with Gasteiger partial charge in [0.05, 0.1) is 6.26 Å². The van der Waals surface area contributed by atoms with Crippen molar-refractivity contribution in [3.63, 3.8) is 0 Å². The number of fused-ring (bicyclic) bond motifs is 1. The number of rotatable bonds is 2. The van der Waals surface area contributed by atoms with Gasteiger partial charge in [-0.3, -0.25) is 0 Å². The summed E-state index contributed by atoms with van der Waals surface area (Å²) in [4.78, 5) is 11.4. The third kappa shape index (κ3) is 2.22. The monoisotopic (exact) mass is 240 g/mol. The molecule has 0 aliphatic rings. The first-order chi connectivity index (χ1) is 7.46. The zero-order chi connectivity index (χ0) is 11.8. The standard InChI is InChI=1S/C10H8O5S/c1-16(12,13)15-9-6-7-4-2-3-5-8(7)14-10(9)11/h2-6H,1H3. The summed E-state index contributed by atoms with van der Waals surface area (Å²) in [7, 11) is -3.73. The molecule has 0 N–H and O–H groups in total. The summed E-state index contributed by atoms with van der Waals surface area (Å²) in [6.07, 6.45) is 0.863. The second-order valence-corrected chi connectivity index (χ2v) is 4.80. The SMILES string of the molecule is CS(=O)(=O)Oc1cc2ccccc2oc1=O. The molecule has 5 nitrogen and oxygen atoms in total. The third-order valence-electron chi connectivity index (χ3n) is 1.85. The van der Waals surface area contributed by atoms with Gasteiger partial charge in [-0.2, -0.15) is 8.42 Å². The van der Waals surface area contributed by atoms with E-state index in [-0.39, 0.29) is 5.75 Å². The van der Waals surface area contributed by atoms with Gasteiger partial charge in [0.1, 0.15) is 5.58 Å². The second kappa shape index (κ2) is 3.64. The number of benzene rings is 1. The Morgan fingerprint density at radius 3 is 2.62 bits per heavy atom. The van der Waals surface area contributed by atoms with E-state index in [0.717, 1.165) is 6.26 Å². The quantitative estimate of drug-likeness (QED) is 0.581. The summed E-state index contributed by atoms with van der Waals surface area (Å²) >= 11 is 0. The highest BCUT2D eigenvalue weighted by atomic mass is 32.2. The number of para-hydroxylation sites is 1. The molecular weight excluding hydrogens is 232 g/mol. The van der Waals surface area contributed by atoms with Crippen LogP contribution in [0.2, 0.25) is 0 Å². The van der Waals surface area contributed by atoms with Crippen molar-refractivity contribution in [1.82, 2.24) is 0 Å². The van der Waals surface area contributed by atoms with Crippen LogP contribution in [0.25, 0.3) is 11.0 Å². The van der Waals surface area contributed by atoms with E-state index in [1.54, 1.807) is 24.3 Å². The van der Waals surface area contributed by atoms with Crippen LogP contribution in [0.1, 0.15) is 0 Å². The molecule has 0 aliphatic carbocycles. The summed E-state index contributed by atoms with van der Waals surface area (Å²) in [5, 5.41) is 0.598. The van der Waals surface area contributed by atoms with Crippen molar-refractivity contribution in [1.29, 1.82) is 0 Å². The molecule has 1 aromatic heterocycles. The smallest absolute Gasteiger partial charge is 0.380 e. The summed E-state index contributed by atoms with van der Waals surface area (Å²) < 4.78 is 31.2. The molecule has 6 heteroatoms. The van der Waals surface area contributed by atoms with Crippen LogP contribution < -0.4 is 9.81 Å². The molecule has 16 heavy (non-hydrogen) atoms. The normalized spacial score (nSPS) is 11.6. The van der Waals surface area contributed by atoms with E-state index >= 15 is 0 Å².